The fraction of sp³-hybridized carbons (Fsp3) is 0.278. The molecule has 5 nitrogen and oxygen atoms in total. The Balaban J connectivity index is 1.71. The summed E-state index contributed by atoms with van der Waals surface area (Å²) < 4.78 is 2.46. The maximum absolute atomic E-state index is 12.3. The smallest absolute Gasteiger partial charge is 0.262 e. The molecule has 3 rings (SSSR count). The van der Waals surface area contributed by atoms with Crippen LogP contribution < -0.4 is 10.9 Å². The predicted molar refractivity (Wildman–Crippen MR) is 105 cm³/mol. The van der Waals surface area contributed by atoms with E-state index in [0.29, 0.717) is 17.0 Å². The predicted octanol–water partition coefficient (Wildman–Crippen LogP) is 3.60. The third kappa shape index (κ3) is 3.77. The minimum atomic E-state index is -0.0552. The molecule has 3 aromatic rings. The Morgan fingerprint density at radius 2 is 2.12 bits per heavy atom. The summed E-state index contributed by atoms with van der Waals surface area (Å²) in [6, 6.07) is 9.64. The summed E-state index contributed by atoms with van der Waals surface area (Å²) in [6.07, 6.45) is 0.869. The molecule has 0 saturated carbocycles. The molecule has 0 fully saturated rings. The van der Waals surface area contributed by atoms with Gasteiger partial charge in [0, 0.05) is 12.7 Å². The maximum atomic E-state index is 12.3. The summed E-state index contributed by atoms with van der Waals surface area (Å²) in [4.78, 5) is 29.7. The summed E-state index contributed by atoms with van der Waals surface area (Å²) in [6.45, 7) is 3.87. The number of amides is 1. The average molecular weight is 374 g/mol. The summed E-state index contributed by atoms with van der Waals surface area (Å²) in [5.41, 5.74) is 1.93. The Hall–Kier alpha value is -2.12. The van der Waals surface area contributed by atoms with Gasteiger partial charge in [-0.1, -0.05) is 25.1 Å². The number of para-hydroxylation sites is 1. The van der Waals surface area contributed by atoms with Gasteiger partial charge in [-0.25, -0.2) is 4.98 Å². The van der Waals surface area contributed by atoms with Crippen molar-refractivity contribution < 1.29 is 4.79 Å². The minimum Gasteiger partial charge on any atom is -0.325 e. The van der Waals surface area contributed by atoms with E-state index in [2.05, 4.69) is 17.2 Å². The number of anilines is 1. The highest BCUT2D eigenvalue weighted by atomic mass is 32.2. The number of benzene rings is 1. The summed E-state index contributed by atoms with van der Waals surface area (Å²) in [5.74, 6) is 0.926. The van der Waals surface area contributed by atoms with Gasteiger partial charge in [-0.3, -0.25) is 14.2 Å². The maximum Gasteiger partial charge on any atom is 0.262 e. The van der Waals surface area contributed by atoms with Crippen LogP contribution in [0.4, 0.5) is 5.69 Å². The van der Waals surface area contributed by atoms with Gasteiger partial charge in [0.25, 0.3) is 5.56 Å². The molecule has 0 spiro atoms. The van der Waals surface area contributed by atoms with E-state index in [1.807, 2.05) is 37.3 Å². The molecule has 130 valence electrons. The van der Waals surface area contributed by atoms with Crippen molar-refractivity contribution >= 4 is 44.9 Å². The first-order chi connectivity index (χ1) is 12.0. The van der Waals surface area contributed by atoms with Gasteiger partial charge in [0.15, 0.2) is 0 Å². The third-order valence-corrected chi connectivity index (χ3v) is 6.23. The first-order valence-corrected chi connectivity index (χ1v) is 9.77. The molecule has 0 atom stereocenters. The van der Waals surface area contributed by atoms with Crippen LogP contribution in [0.15, 0.2) is 39.3 Å². The van der Waals surface area contributed by atoms with Crippen LogP contribution in [0.25, 0.3) is 10.2 Å². The van der Waals surface area contributed by atoms with Crippen molar-refractivity contribution in [3.63, 3.8) is 0 Å². The Morgan fingerprint density at radius 3 is 2.88 bits per heavy atom. The number of rotatable bonds is 5. The number of fused-ring (bicyclic) bond motifs is 1. The highest BCUT2D eigenvalue weighted by molar-refractivity contribution is 8.01. The summed E-state index contributed by atoms with van der Waals surface area (Å²) in [5, 5.41) is 3.57. The second-order valence-corrected chi connectivity index (χ2v) is 7.96. The first-order valence-electron chi connectivity index (χ1n) is 7.97. The molecule has 1 amide bonds. The number of hydrogen-bond donors (Lipinski definition) is 1. The zero-order valence-electron chi connectivity index (χ0n) is 14.3. The van der Waals surface area contributed by atoms with E-state index in [1.165, 1.54) is 27.7 Å². The number of hydrogen-bond acceptors (Lipinski definition) is 5. The van der Waals surface area contributed by atoms with Crippen LogP contribution in [0.5, 0.6) is 0 Å². The topological polar surface area (TPSA) is 64.0 Å². The van der Waals surface area contributed by atoms with Crippen molar-refractivity contribution in [1.29, 1.82) is 0 Å². The number of nitrogens with one attached hydrogen (secondary N) is 1. The van der Waals surface area contributed by atoms with Crippen molar-refractivity contribution in [1.82, 2.24) is 9.55 Å². The number of thiophene rings is 1. The van der Waals surface area contributed by atoms with Gasteiger partial charge >= 0.3 is 0 Å². The van der Waals surface area contributed by atoms with Crippen LogP contribution in [-0.2, 0) is 18.3 Å². The molecule has 2 aromatic heterocycles. The largest absolute Gasteiger partial charge is 0.325 e. The number of aryl methyl sites for hydroxylation is 2. The fourth-order valence-corrected chi connectivity index (χ4v) is 4.49. The quantitative estimate of drug-likeness (QED) is 0.694. The average Bonchev–Trinajstić information content (AvgIpc) is 3.01. The van der Waals surface area contributed by atoms with Crippen LogP contribution >= 0.6 is 23.1 Å². The van der Waals surface area contributed by atoms with Gasteiger partial charge in [-0.05, 0) is 31.0 Å². The van der Waals surface area contributed by atoms with Crippen LogP contribution in [0, 0.1) is 6.92 Å². The number of nitrogens with zero attached hydrogens (tertiary/aromatic N) is 2. The second kappa shape index (κ2) is 7.41. The Kier molecular flexibility index (Phi) is 5.24. The molecule has 0 aliphatic rings. The van der Waals surface area contributed by atoms with Crippen LogP contribution in [0.1, 0.15) is 18.3 Å². The van der Waals surface area contributed by atoms with Gasteiger partial charge < -0.3 is 5.32 Å². The molecule has 0 aliphatic heterocycles. The fourth-order valence-electron chi connectivity index (χ4n) is 2.49. The van der Waals surface area contributed by atoms with Gasteiger partial charge in [0.2, 0.25) is 5.91 Å². The van der Waals surface area contributed by atoms with E-state index < -0.39 is 0 Å². The van der Waals surface area contributed by atoms with Gasteiger partial charge in [0.05, 0.1) is 15.3 Å². The van der Waals surface area contributed by atoms with Crippen molar-refractivity contribution in [2.75, 3.05) is 11.1 Å². The van der Waals surface area contributed by atoms with Crippen molar-refractivity contribution in [3.05, 3.63) is 52.1 Å². The monoisotopic (exact) mass is 373 g/mol. The number of carbonyl (C=O) groups excluding carboxylic acids is 1. The molecule has 2 heterocycles. The number of thioether (sulfide) groups is 1. The lowest BCUT2D eigenvalue weighted by molar-refractivity contribution is -0.113. The molecule has 25 heavy (non-hydrogen) atoms. The zero-order valence-corrected chi connectivity index (χ0v) is 16.0. The molecule has 1 aromatic carbocycles. The van der Waals surface area contributed by atoms with Crippen molar-refractivity contribution in [3.8, 4) is 0 Å². The molecular weight excluding hydrogens is 354 g/mol. The molecule has 0 radical (unpaired) electrons. The van der Waals surface area contributed by atoms with Crippen LogP contribution in [0.2, 0.25) is 0 Å². The standard InChI is InChI=1S/C18H19N3O2S2/c1-4-12-7-5-6-8-14(12)20-15(22)10-24-16-9-13-17(25-16)19-11(2)21(3)18(13)23/h5-9H,4,10H2,1-3H3,(H,20,22). The first kappa shape index (κ1) is 17.7. The van der Waals surface area contributed by atoms with Crippen molar-refractivity contribution in [2.45, 2.75) is 24.5 Å². The van der Waals surface area contributed by atoms with E-state index in [1.54, 1.807) is 7.05 Å². The lowest BCUT2D eigenvalue weighted by Gasteiger charge is -2.08. The second-order valence-electron chi connectivity index (χ2n) is 5.66. The van der Waals surface area contributed by atoms with E-state index in [-0.39, 0.29) is 11.5 Å². The summed E-state index contributed by atoms with van der Waals surface area (Å²) >= 11 is 2.87. The number of aromatic nitrogens is 2. The van der Waals surface area contributed by atoms with E-state index in [9.17, 15) is 9.59 Å². The Labute approximate surface area is 154 Å². The van der Waals surface area contributed by atoms with Gasteiger partial charge in [-0.2, -0.15) is 0 Å². The molecule has 0 aliphatic carbocycles. The molecule has 1 N–H and O–H groups in total. The van der Waals surface area contributed by atoms with E-state index in [0.717, 1.165) is 26.7 Å². The minimum absolute atomic E-state index is 0.0491. The van der Waals surface area contributed by atoms with E-state index in [4.69, 9.17) is 0 Å². The SMILES string of the molecule is CCc1ccccc1NC(=O)CSc1cc2c(=O)n(C)c(C)nc2s1. The zero-order chi connectivity index (χ0) is 18.0. The molecule has 7 heteroatoms. The van der Waals surface area contributed by atoms with Gasteiger partial charge in [0.1, 0.15) is 10.7 Å². The molecule has 0 bridgehead atoms. The highest BCUT2D eigenvalue weighted by Crippen LogP contribution is 2.30. The van der Waals surface area contributed by atoms with E-state index >= 15 is 0 Å². The third-order valence-electron chi connectivity index (χ3n) is 3.99. The summed E-state index contributed by atoms with van der Waals surface area (Å²) in [7, 11) is 1.72. The highest BCUT2D eigenvalue weighted by Gasteiger charge is 2.12. The molecule has 0 unspecified atom stereocenters. The molecular formula is C18H19N3O2S2. The number of carbonyl (C=O) groups is 1. The lowest BCUT2D eigenvalue weighted by atomic mass is 10.1. The normalized spacial score (nSPS) is 11.0. The van der Waals surface area contributed by atoms with Crippen molar-refractivity contribution in [2.24, 2.45) is 7.05 Å². The Morgan fingerprint density at radius 1 is 1.36 bits per heavy atom. The van der Waals surface area contributed by atoms with Gasteiger partial charge in [-0.15, -0.1) is 23.1 Å². The molecule has 0 saturated heterocycles. The van der Waals surface area contributed by atoms with Crippen LogP contribution in [0.3, 0.4) is 0 Å². The van der Waals surface area contributed by atoms with Crippen LogP contribution in [-0.4, -0.2) is 21.2 Å². The lowest BCUT2D eigenvalue weighted by Crippen LogP contribution is -2.19. The Bertz CT molecular complexity index is 992.